The first-order valence-electron chi connectivity index (χ1n) is 10.1. The normalized spacial score (nSPS) is 17.9. The molecule has 7 nitrogen and oxygen atoms in total. The lowest BCUT2D eigenvalue weighted by Gasteiger charge is -2.29. The van der Waals surface area contributed by atoms with Crippen molar-refractivity contribution in [1.29, 1.82) is 0 Å². The SMILES string of the molecule is COc1ccc(N2C(=S)N[C@H](c3ccccn3)[C@@H]2c2c(C)[nH]c(C)c2I)cc1NC(C)=O. The summed E-state index contributed by atoms with van der Waals surface area (Å²) in [5, 5.41) is 6.93. The fraction of sp³-hybridized carbons (Fsp3) is 0.261. The Balaban J connectivity index is 1.88. The van der Waals surface area contributed by atoms with E-state index in [0.29, 0.717) is 16.5 Å². The van der Waals surface area contributed by atoms with Gasteiger partial charge in [0.05, 0.1) is 30.6 Å². The molecule has 1 aliphatic heterocycles. The first kappa shape index (κ1) is 22.5. The second-order valence-electron chi connectivity index (χ2n) is 7.67. The van der Waals surface area contributed by atoms with Gasteiger partial charge in [0.25, 0.3) is 0 Å². The number of pyridine rings is 1. The van der Waals surface area contributed by atoms with Crippen LogP contribution in [0.3, 0.4) is 0 Å². The molecule has 166 valence electrons. The van der Waals surface area contributed by atoms with Crippen LogP contribution >= 0.6 is 34.8 Å². The van der Waals surface area contributed by atoms with Crippen LogP contribution in [0.15, 0.2) is 42.6 Å². The number of thiocarbonyl (C=S) groups is 1. The maximum atomic E-state index is 11.8. The van der Waals surface area contributed by atoms with Crippen LogP contribution in [0, 0.1) is 17.4 Å². The molecule has 0 aliphatic carbocycles. The van der Waals surface area contributed by atoms with E-state index in [4.69, 9.17) is 17.0 Å². The Morgan fingerprint density at radius 3 is 2.62 bits per heavy atom. The van der Waals surface area contributed by atoms with Crippen LogP contribution in [0.2, 0.25) is 0 Å². The minimum Gasteiger partial charge on any atom is -0.495 e. The molecule has 0 radical (unpaired) electrons. The quantitative estimate of drug-likeness (QED) is 0.308. The third-order valence-electron chi connectivity index (χ3n) is 5.51. The van der Waals surface area contributed by atoms with Crippen LogP contribution in [0.25, 0.3) is 0 Å². The molecule has 3 heterocycles. The maximum Gasteiger partial charge on any atom is 0.221 e. The van der Waals surface area contributed by atoms with Gasteiger partial charge in [-0.1, -0.05) is 6.07 Å². The highest BCUT2D eigenvalue weighted by molar-refractivity contribution is 14.1. The molecule has 0 unspecified atom stereocenters. The zero-order valence-corrected chi connectivity index (χ0v) is 21.2. The van der Waals surface area contributed by atoms with Gasteiger partial charge < -0.3 is 25.3 Å². The van der Waals surface area contributed by atoms with Crippen molar-refractivity contribution in [2.24, 2.45) is 0 Å². The molecule has 0 saturated carbocycles. The topological polar surface area (TPSA) is 82.3 Å². The van der Waals surface area contributed by atoms with Gasteiger partial charge in [-0.15, -0.1) is 0 Å². The molecule has 3 N–H and O–H groups in total. The lowest BCUT2D eigenvalue weighted by molar-refractivity contribution is -0.114. The van der Waals surface area contributed by atoms with E-state index in [2.05, 4.69) is 61.9 Å². The number of anilines is 2. The van der Waals surface area contributed by atoms with E-state index in [1.807, 2.05) is 36.4 Å². The standard InChI is InChI=1S/C23H24IN5O2S/c1-12-19(20(24)13(2)26-12)22-21(16-7-5-6-10-25-16)28-23(32)29(22)15-8-9-18(31-4)17(11-15)27-14(3)30/h5-11,21-22,26H,1-4H3,(H,27,30)(H,28,32)/t21-,22+/m1/s1. The van der Waals surface area contributed by atoms with Gasteiger partial charge in [-0.05, 0) is 79.0 Å². The highest BCUT2D eigenvalue weighted by Crippen LogP contribution is 2.45. The van der Waals surface area contributed by atoms with E-state index >= 15 is 0 Å². The number of aromatic amines is 1. The average molecular weight is 561 g/mol. The van der Waals surface area contributed by atoms with Gasteiger partial charge in [0.15, 0.2) is 5.11 Å². The number of rotatable bonds is 5. The zero-order chi connectivity index (χ0) is 23.0. The molecule has 2 atom stereocenters. The number of nitrogens with one attached hydrogen (secondary N) is 3. The Labute approximate surface area is 206 Å². The number of aromatic nitrogens is 2. The summed E-state index contributed by atoms with van der Waals surface area (Å²) in [5.74, 6) is 0.417. The Morgan fingerprint density at radius 2 is 2.03 bits per heavy atom. The molecule has 1 fully saturated rings. The highest BCUT2D eigenvalue weighted by atomic mass is 127. The van der Waals surface area contributed by atoms with Gasteiger partial charge in [0.2, 0.25) is 5.91 Å². The molecule has 1 amide bonds. The number of ether oxygens (including phenoxy) is 1. The van der Waals surface area contributed by atoms with Crippen molar-refractivity contribution in [3.8, 4) is 5.75 Å². The molecule has 3 aromatic rings. The second-order valence-corrected chi connectivity index (χ2v) is 9.13. The molecular weight excluding hydrogens is 537 g/mol. The Hall–Kier alpha value is -2.66. The molecule has 2 aromatic heterocycles. The number of methoxy groups -OCH3 is 1. The maximum absolute atomic E-state index is 11.8. The number of benzene rings is 1. The van der Waals surface area contributed by atoms with Gasteiger partial charge in [-0.25, -0.2) is 0 Å². The van der Waals surface area contributed by atoms with Gasteiger partial charge >= 0.3 is 0 Å². The van der Waals surface area contributed by atoms with Crippen LogP contribution in [0.4, 0.5) is 11.4 Å². The summed E-state index contributed by atoms with van der Waals surface area (Å²) in [6.07, 6.45) is 1.79. The van der Waals surface area contributed by atoms with Crippen molar-refractivity contribution < 1.29 is 9.53 Å². The van der Waals surface area contributed by atoms with Gasteiger partial charge in [-0.2, -0.15) is 0 Å². The van der Waals surface area contributed by atoms with Crippen molar-refractivity contribution >= 4 is 57.2 Å². The van der Waals surface area contributed by atoms with E-state index in [1.54, 1.807) is 13.3 Å². The Kier molecular flexibility index (Phi) is 6.38. The Bertz CT molecular complexity index is 1180. The van der Waals surface area contributed by atoms with Gasteiger partial charge in [-0.3, -0.25) is 9.78 Å². The van der Waals surface area contributed by atoms with Crippen molar-refractivity contribution in [2.75, 3.05) is 17.3 Å². The van der Waals surface area contributed by atoms with Gasteiger partial charge in [0.1, 0.15) is 5.75 Å². The summed E-state index contributed by atoms with van der Waals surface area (Å²) in [7, 11) is 1.58. The number of halogens is 1. The lowest BCUT2D eigenvalue weighted by atomic mass is 9.96. The summed E-state index contributed by atoms with van der Waals surface area (Å²) < 4.78 is 6.60. The Morgan fingerprint density at radius 1 is 1.25 bits per heavy atom. The number of H-pyrrole nitrogens is 1. The molecule has 9 heteroatoms. The number of hydrogen-bond acceptors (Lipinski definition) is 4. The molecule has 0 spiro atoms. The number of nitrogens with zero attached hydrogens (tertiary/aromatic N) is 2. The van der Waals surface area contributed by atoms with E-state index in [9.17, 15) is 4.79 Å². The summed E-state index contributed by atoms with van der Waals surface area (Å²) in [6, 6.07) is 11.3. The summed E-state index contributed by atoms with van der Waals surface area (Å²) in [6.45, 7) is 5.63. The number of aryl methyl sites for hydroxylation is 2. The molecule has 1 aromatic carbocycles. The minimum absolute atomic E-state index is 0.132. The molecule has 1 saturated heterocycles. The summed E-state index contributed by atoms with van der Waals surface area (Å²) >= 11 is 8.21. The molecule has 1 aliphatic rings. The first-order chi connectivity index (χ1) is 15.3. The number of hydrogen-bond donors (Lipinski definition) is 3. The minimum atomic E-state index is -0.169. The van der Waals surface area contributed by atoms with Crippen LogP contribution in [0.5, 0.6) is 5.75 Å². The number of carbonyl (C=O) groups is 1. The largest absolute Gasteiger partial charge is 0.495 e. The van der Waals surface area contributed by atoms with Crippen LogP contribution in [-0.4, -0.2) is 28.1 Å². The van der Waals surface area contributed by atoms with Crippen LogP contribution < -0.4 is 20.3 Å². The average Bonchev–Trinajstić information content (AvgIpc) is 3.22. The van der Waals surface area contributed by atoms with E-state index < -0.39 is 0 Å². The van der Waals surface area contributed by atoms with Crippen LogP contribution in [-0.2, 0) is 4.79 Å². The fourth-order valence-electron chi connectivity index (χ4n) is 4.18. The third-order valence-corrected chi connectivity index (χ3v) is 7.22. The monoisotopic (exact) mass is 561 g/mol. The van der Waals surface area contributed by atoms with E-state index in [0.717, 1.165) is 26.3 Å². The van der Waals surface area contributed by atoms with Crippen LogP contribution in [0.1, 0.15) is 41.7 Å². The van der Waals surface area contributed by atoms with E-state index in [-0.39, 0.29) is 18.0 Å². The summed E-state index contributed by atoms with van der Waals surface area (Å²) in [5.41, 5.74) is 5.73. The molecule has 0 bridgehead atoms. The lowest BCUT2D eigenvalue weighted by Crippen LogP contribution is -2.30. The third kappa shape index (κ3) is 4.06. The predicted octanol–water partition coefficient (Wildman–Crippen LogP) is 4.78. The van der Waals surface area contributed by atoms with Crippen molar-refractivity contribution in [3.63, 3.8) is 0 Å². The highest BCUT2D eigenvalue weighted by Gasteiger charge is 2.43. The van der Waals surface area contributed by atoms with Crippen molar-refractivity contribution in [1.82, 2.24) is 15.3 Å². The zero-order valence-electron chi connectivity index (χ0n) is 18.2. The number of carbonyl (C=O) groups excluding carboxylic acids is 1. The van der Waals surface area contributed by atoms with Gasteiger partial charge in [0, 0.05) is 39.3 Å². The summed E-state index contributed by atoms with van der Waals surface area (Å²) in [4.78, 5) is 21.9. The predicted molar refractivity (Wildman–Crippen MR) is 138 cm³/mol. The van der Waals surface area contributed by atoms with Crippen molar-refractivity contribution in [2.45, 2.75) is 32.9 Å². The molecule has 32 heavy (non-hydrogen) atoms. The van der Waals surface area contributed by atoms with Crippen molar-refractivity contribution in [3.05, 3.63) is 68.8 Å². The molecule has 4 rings (SSSR count). The fourth-order valence-corrected chi connectivity index (χ4v) is 5.39. The second kappa shape index (κ2) is 9.07. The number of amides is 1. The first-order valence-corrected chi connectivity index (χ1v) is 11.6. The van der Waals surface area contributed by atoms with E-state index in [1.165, 1.54) is 12.5 Å². The molecular formula is C23H24IN5O2S. The smallest absolute Gasteiger partial charge is 0.221 e.